The van der Waals surface area contributed by atoms with E-state index in [2.05, 4.69) is 25.1 Å². The second kappa shape index (κ2) is 10.3. The lowest BCUT2D eigenvalue weighted by atomic mass is 9.77. The summed E-state index contributed by atoms with van der Waals surface area (Å²) >= 11 is 0. The molecule has 7 nitrogen and oxygen atoms in total. The molecule has 2 unspecified atom stereocenters. The predicted molar refractivity (Wildman–Crippen MR) is 110 cm³/mol. The summed E-state index contributed by atoms with van der Waals surface area (Å²) in [5, 5.41) is 11.2. The summed E-state index contributed by atoms with van der Waals surface area (Å²) in [6.45, 7) is 16.2. The van der Waals surface area contributed by atoms with Gasteiger partial charge in [-0.15, -0.1) is 0 Å². The number of amides is 1. The maximum absolute atomic E-state index is 11.9. The number of esters is 2. The minimum atomic E-state index is -1.39. The van der Waals surface area contributed by atoms with Crippen LogP contribution >= 0.6 is 0 Å². The van der Waals surface area contributed by atoms with Crippen molar-refractivity contribution in [3.8, 4) is 0 Å². The van der Waals surface area contributed by atoms with Crippen molar-refractivity contribution < 1.29 is 29.0 Å². The Kier molecular flexibility index (Phi) is 8.38. The standard InChI is InChI=1S/C22H27NO6/c1-7-19(24)28-17(13-18(23-21(26)27)29-20(25)8-2)22(5,6)16-11-9-10-15(12-16)14(3)4/h7-12,17-18,23H,1-3,13H2,4-6H3,(H,26,27). The zero-order valence-electron chi connectivity index (χ0n) is 16.9. The largest absolute Gasteiger partial charge is 0.465 e. The van der Waals surface area contributed by atoms with E-state index in [1.54, 1.807) is 0 Å². The Balaban J connectivity index is 3.31. The van der Waals surface area contributed by atoms with Crippen LogP contribution in [-0.4, -0.2) is 35.5 Å². The van der Waals surface area contributed by atoms with Gasteiger partial charge in [-0.25, -0.2) is 14.4 Å². The molecule has 1 rings (SSSR count). The van der Waals surface area contributed by atoms with Gasteiger partial charge in [0.2, 0.25) is 0 Å². The highest BCUT2D eigenvalue weighted by atomic mass is 16.6. The van der Waals surface area contributed by atoms with Gasteiger partial charge in [0.1, 0.15) is 6.10 Å². The van der Waals surface area contributed by atoms with Crippen molar-refractivity contribution in [1.29, 1.82) is 0 Å². The number of benzene rings is 1. The SMILES string of the molecule is C=CC(=O)OC(CC(OC(=O)C=C)C(C)(C)c1cccc(C(=C)C)c1)NC(=O)O. The van der Waals surface area contributed by atoms with E-state index in [-0.39, 0.29) is 6.42 Å². The van der Waals surface area contributed by atoms with E-state index in [1.807, 2.05) is 45.0 Å². The normalized spacial score (nSPS) is 12.8. The zero-order chi connectivity index (χ0) is 22.2. The smallest absolute Gasteiger partial charge is 0.407 e. The molecule has 156 valence electrons. The van der Waals surface area contributed by atoms with Crippen LogP contribution in [0, 0.1) is 0 Å². The molecule has 1 aromatic rings. The van der Waals surface area contributed by atoms with Crippen molar-refractivity contribution in [1.82, 2.24) is 5.32 Å². The molecule has 0 saturated heterocycles. The summed E-state index contributed by atoms with van der Waals surface area (Å²) < 4.78 is 10.6. The number of allylic oxidation sites excluding steroid dienone is 1. The number of nitrogens with one attached hydrogen (secondary N) is 1. The topological polar surface area (TPSA) is 102 Å². The van der Waals surface area contributed by atoms with Crippen LogP contribution < -0.4 is 5.32 Å². The molecule has 0 aliphatic carbocycles. The predicted octanol–water partition coefficient (Wildman–Crippen LogP) is 3.81. The molecule has 1 aromatic carbocycles. The molecule has 0 aromatic heterocycles. The third-order valence-electron chi connectivity index (χ3n) is 4.47. The summed E-state index contributed by atoms with van der Waals surface area (Å²) in [6.07, 6.45) is -1.66. The van der Waals surface area contributed by atoms with Crippen LogP contribution in [0.25, 0.3) is 5.57 Å². The van der Waals surface area contributed by atoms with Crippen molar-refractivity contribution in [3.05, 3.63) is 67.3 Å². The number of carboxylic acid groups (broad SMARTS) is 1. The number of hydrogen-bond acceptors (Lipinski definition) is 5. The van der Waals surface area contributed by atoms with Gasteiger partial charge in [0, 0.05) is 24.0 Å². The highest BCUT2D eigenvalue weighted by Crippen LogP contribution is 2.33. The summed E-state index contributed by atoms with van der Waals surface area (Å²) in [5.41, 5.74) is 1.86. The van der Waals surface area contributed by atoms with E-state index < -0.39 is 35.8 Å². The number of rotatable bonds is 10. The molecule has 1 amide bonds. The Bertz CT molecular complexity index is 811. The lowest BCUT2D eigenvalue weighted by Gasteiger charge is -2.36. The number of carbonyl (C=O) groups is 3. The first-order valence-electron chi connectivity index (χ1n) is 8.93. The van der Waals surface area contributed by atoms with Gasteiger partial charge in [0.25, 0.3) is 0 Å². The molecular weight excluding hydrogens is 374 g/mol. The van der Waals surface area contributed by atoms with Gasteiger partial charge in [0.15, 0.2) is 6.23 Å². The monoisotopic (exact) mass is 401 g/mol. The molecule has 0 bridgehead atoms. The van der Waals surface area contributed by atoms with Gasteiger partial charge in [-0.05, 0) is 18.1 Å². The van der Waals surface area contributed by atoms with E-state index in [0.29, 0.717) is 0 Å². The molecule has 2 N–H and O–H groups in total. The van der Waals surface area contributed by atoms with Crippen molar-refractivity contribution in [3.63, 3.8) is 0 Å². The summed E-state index contributed by atoms with van der Waals surface area (Å²) in [4.78, 5) is 34.7. The third kappa shape index (κ3) is 6.95. The van der Waals surface area contributed by atoms with Crippen molar-refractivity contribution in [2.45, 2.75) is 44.9 Å². The molecule has 0 aliphatic heterocycles. The first-order valence-corrected chi connectivity index (χ1v) is 8.93. The summed E-state index contributed by atoms with van der Waals surface area (Å²) in [7, 11) is 0. The van der Waals surface area contributed by atoms with Crippen LogP contribution in [0.4, 0.5) is 4.79 Å². The van der Waals surface area contributed by atoms with Crippen molar-refractivity contribution in [2.24, 2.45) is 0 Å². The quantitative estimate of drug-likeness (QED) is 0.351. The van der Waals surface area contributed by atoms with E-state index in [1.165, 1.54) is 0 Å². The first-order chi connectivity index (χ1) is 13.5. The highest BCUT2D eigenvalue weighted by molar-refractivity contribution is 5.82. The Morgan fingerprint density at radius 2 is 1.76 bits per heavy atom. The first kappa shape index (κ1) is 23.7. The van der Waals surface area contributed by atoms with Gasteiger partial charge >= 0.3 is 18.0 Å². The van der Waals surface area contributed by atoms with Crippen molar-refractivity contribution >= 4 is 23.6 Å². The molecule has 0 spiro atoms. The molecule has 7 heteroatoms. The van der Waals surface area contributed by atoms with E-state index in [9.17, 15) is 14.4 Å². The molecule has 2 atom stereocenters. The van der Waals surface area contributed by atoms with Crippen LogP contribution in [0.2, 0.25) is 0 Å². The van der Waals surface area contributed by atoms with Gasteiger partial charge in [-0.2, -0.15) is 0 Å². The lowest BCUT2D eigenvalue weighted by molar-refractivity contribution is -0.153. The average Bonchev–Trinajstić information content (AvgIpc) is 2.66. The number of carbonyl (C=O) groups excluding carboxylic acids is 2. The van der Waals surface area contributed by atoms with Crippen LogP contribution in [0.1, 0.15) is 38.3 Å². The van der Waals surface area contributed by atoms with Gasteiger partial charge < -0.3 is 14.6 Å². The van der Waals surface area contributed by atoms with Gasteiger partial charge in [-0.1, -0.05) is 63.4 Å². The maximum Gasteiger partial charge on any atom is 0.407 e. The molecule has 0 saturated carbocycles. The fraction of sp³-hybridized carbons (Fsp3) is 0.318. The summed E-state index contributed by atoms with van der Waals surface area (Å²) in [6, 6.07) is 7.56. The maximum atomic E-state index is 11.9. The Labute approximate surface area is 170 Å². The lowest BCUT2D eigenvalue weighted by Crippen LogP contribution is -2.46. The molecular formula is C22H27NO6. The molecule has 0 fully saturated rings. The van der Waals surface area contributed by atoms with Crippen LogP contribution in [0.5, 0.6) is 0 Å². The minimum absolute atomic E-state index is 0.115. The fourth-order valence-electron chi connectivity index (χ4n) is 2.71. The Morgan fingerprint density at radius 3 is 2.28 bits per heavy atom. The van der Waals surface area contributed by atoms with Gasteiger partial charge in [0.05, 0.1) is 0 Å². The molecule has 0 aliphatic rings. The second-order valence-electron chi connectivity index (χ2n) is 7.03. The fourth-order valence-corrected chi connectivity index (χ4v) is 2.71. The van der Waals surface area contributed by atoms with Crippen molar-refractivity contribution in [2.75, 3.05) is 0 Å². The summed E-state index contributed by atoms with van der Waals surface area (Å²) in [5.74, 6) is -1.48. The van der Waals surface area contributed by atoms with E-state index in [0.717, 1.165) is 28.9 Å². The number of ether oxygens (including phenoxy) is 2. The highest BCUT2D eigenvalue weighted by Gasteiger charge is 2.37. The van der Waals surface area contributed by atoms with E-state index in [4.69, 9.17) is 14.6 Å². The Hall–Kier alpha value is -3.35. The second-order valence-corrected chi connectivity index (χ2v) is 7.03. The van der Waals surface area contributed by atoms with Crippen LogP contribution in [0.15, 0.2) is 56.2 Å². The molecule has 0 heterocycles. The number of hydrogen-bond donors (Lipinski definition) is 2. The van der Waals surface area contributed by atoms with Gasteiger partial charge in [-0.3, -0.25) is 5.32 Å². The molecule has 0 radical (unpaired) electrons. The van der Waals surface area contributed by atoms with Crippen LogP contribution in [-0.2, 0) is 24.5 Å². The Morgan fingerprint density at radius 1 is 1.17 bits per heavy atom. The third-order valence-corrected chi connectivity index (χ3v) is 4.47. The minimum Gasteiger partial charge on any atom is -0.465 e. The zero-order valence-corrected chi connectivity index (χ0v) is 16.9. The average molecular weight is 401 g/mol. The van der Waals surface area contributed by atoms with E-state index >= 15 is 0 Å². The van der Waals surface area contributed by atoms with Crippen LogP contribution in [0.3, 0.4) is 0 Å². The molecule has 29 heavy (non-hydrogen) atoms.